The Morgan fingerprint density at radius 2 is 0.622 bits per heavy atom. The summed E-state index contributed by atoms with van der Waals surface area (Å²) in [7, 11) is 0. The number of benzene rings is 13. The van der Waals surface area contributed by atoms with E-state index < -0.39 is 0 Å². The Hall–Kier alpha value is -12.1. The zero-order chi connectivity index (χ0) is 58.4. The molecule has 414 valence electrons. The number of nitrogens with zero attached hydrogens (tertiary/aromatic N) is 6. The highest BCUT2D eigenvalue weighted by Crippen LogP contribution is 2.53. The van der Waals surface area contributed by atoms with Crippen LogP contribution in [-0.4, -0.2) is 28.2 Å². The highest BCUT2D eigenvalue weighted by molar-refractivity contribution is 6.21. The first-order valence-corrected chi connectivity index (χ1v) is 31.0. The average Bonchev–Trinajstić information content (AvgIpc) is 1.71. The summed E-state index contributed by atoms with van der Waals surface area (Å²) in [6.45, 7) is 0. The topological polar surface area (TPSA) is 45.5 Å². The summed E-state index contributed by atoms with van der Waals surface area (Å²) >= 11 is 0. The van der Waals surface area contributed by atoms with Gasteiger partial charge in [-0.25, -0.2) is 9.97 Å². The first-order chi connectivity index (χ1) is 44.6. The first-order valence-electron chi connectivity index (χ1n) is 31.0. The van der Waals surface area contributed by atoms with Crippen LogP contribution in [0.5, 0.6) is 0 Å². The maximum atomic E-state index is 5.54. The molecule has 0 amide bonds. The van der Waals surface area contributed by atoms with E-state index in [9.17, 15) is 0 Å². The normalized spacial score (nSPS) is 12.4. The van der Waals surface area contributed by atoms with Crippen molar-refractivity contribution in [1.82, 2.24) is 28.2 Å². The van der Waals surface area contributed by atoms with Crippen molar-refractivity contribution in [2.45, 2.75) is 0 Å². The lowest BCUT2D eigenvalue weighted by atomic mass is 9.92. The van der Waals surface area contributed by atoms with Gasteiger partial charge < -0.3 is 13.7 Å². The van der Waals surface area contributed by atoms with Gasteiger partial charge in [-0.1, -0.05) is 170 Å². The highest BCUT2D eigenvalue weighted by atomic mass is 15.1. The first kappa shape index (κ1) is 48.0. The molecule has 0 unspecified atom stereocenters. The molecule has 6 nitrogen and oxygen atoms in total. The van der Waals surface area contributed by atoms with Gasteiger partial charge in [0.15, 0.2) is 0 Å². The number of aromatic nitrogens is 6. The second-order valence-corrected chi connectivity index (χ2v) is 24.4. The molecule has 0 bridgehead atoms. The molecule has 90 heavy (non-hydrogen) atoms. The lowest BCUT2D eigenvalue weighted by molar-refractivity contribution is 1.10. The Morgan fingerprint density at radius 1 is 0.211 bits per heavy atom. The van der Waals surface area contributed by atoms with Crippen LogP contribution in [0.4, 0.5) is 0 Å². The largest absolute Gasteiger partial charge is 0.309 e. The fraction of sp³-hybridized carbons (Fsp3) is 0. The van der Waals surface area contributed by atoms with Crippen molar-refractivity contribution in [3.05, 3.63) is 291 Å². The average molecular weight is 1140 g/mol. The zero-order valence-electron chi connectivity index (χ0n) is 48.4. The molecule has 0 fully saturated rings. The Labute approximate surface area is 515 Å². The molecule has 0 N–H and O–H groups in total. The van der Waals surface area contributed by atoms with Crippen molar-refractivity contribution in [2.75, 3.05) is 0 Å². The van der Waals surface area contributed by atoms with E-state index in [2.05, 4.69) is 309 Å². The lowest BCUT2D eigenvalue weighted by Crippen LogP contribution is -1.99. The summed E-state index contributed by atoms with van der Waals surface area (Å²) in [4.78, 5) is 10.9. The predicted octanol–water partition coefficient (Wildman–Crippen LogP) is 21.8. The van der Waals surface area contributed by atoms with E-state index >= 15 is 0 Å². The van der Waals surface area contributed by atoms with Gasteiger partial charge in [0.05, 0.1) is 60.9 Å². The van der Waals surface area contributed by atoms with E-state index in [4.69, 9.17) is 9.97 Å². The summed E-state index contributed by atoms with van der Waals surface area (Å²) in [5.74, 6) is 0.922. The third-order valence-corrected chi connectivity index (χ3v) is 19.8. The molecule has 0 atom stereocenters. The molecule has 0 spiro atoms. The Bertz CT molecular complexity index is 6350. The van der Waals surface area contributed by atoms with Crippen LogP contribution in [0.3, 0.4) is 0 Å². The van der Waals surface area contributed by atoms with Crippen LogP contribution in [0.15, 0.2) is 291 Å². The molecule has 0 aliphatic heterocycles. The molecule has 6 heteroatoms. The van der Waals surface area contributed by atoms with Gasteiger partial charge in [0.1, 0.15) is 5.82 Å². The van der Waals surface area contributed by atoms with Gasteiger partial charge in [-0.3, -0.25) is 4.57 Å². The van der Waals surface area contributed by atoms with Gasteiger partial charge in [0.25, 0.3) is 0 Å². The van der Waals surface area contributed by atoms with Crippen LogP contribution in [-0.2, 0) is 0 Å². The molecule has 0 saturated heterocycles. The van der Waals surface area contributed by atoms with Crippen molar-refractivity contribution in [3.8, 4) is 89.8 Å². The van der Waals surface area contributed by atoms with Gasteiger partial charge >= 0.3 is 0 Å². The highest BCUT2D eigenvalue weighted by Gasteiger charge is 2.29. The monoisotopic (exact) mass is 1140 g/mol. The smallest absolute Gasteiger partial charge is 0.138 e. The van der Waals surface area contributed by atoms with E-state index in [1.165, 1.54) is 126 Å². The van der Waals surface area contributed by atoms with Gasteiger partial charge in [0.2, 0.25) is 0 Å². The maximum absolute atomic E-state index is 5.54. The third-order valence-electron chi connectivity index (χ3n) is 19.8. The van der Waals surface area contributed by atoms with Crippen LogP contribution in [0.25, 0.3) is 199 Å². The minimum absolute atomic E-state index is 0.922. The second-order valence-electron chi connectivity index (χ2n) is 24.4. The van der Waals surface area contributed by atoms with E-state index in [0.29, 0.717) is 0 Å². The van der Waals surface area contributed by atoms with Gasteiger partial charge in [0, 0.05) is 76.5 Å². The molecule has 0 saturated carbocycles. The quantitative estimate of drug-likeness (QED) is 0.167. The van der Waals surface area contributed by atoms with Crippen LogP contribution >= 0.6 is 0 Å². The molecular formula is C84H48N6. The summed E-state index contributed by atoms with van der Waals surface area (Å²) in [5.41, 5.74) is 29.0. The fourth-order valence-electron chi connectivity index (χ4n) is 16.1. The van der Waals surface area contributed by atoms with Crippen molar-refractivity contribution < 1.29 is 0 Å². The molecule has 19 aromatic rings. The standard InChI is InChI=1S/C84H48N6/c1-2-17-51(18-3-1)87-78-40-36-50(44-65(78)67-46-53(37-41-79(67)87)88-73-31-10-6-21-57(73)58-22-7-11-32-74(58)88)72-47-68-62-26-14-25-54(82(62)63-28-16-29-70(85-72)84(63)68)49-35-39-77-64(43-49)59-23-8-12-33-75(59)89(77)52-38-42-80-66(45-52)60-24-9-13-34-76(60)90(80)81-48-69-56-20-5-4-19-55(56)61-27-15-30-71(86-81)83(61)69/h1-48H. The summed E-state index contributed by atoms with van der Waals surface area (Å²) in [6, 6.07) is 107. The molecule has 6 heterocycles. The van der Waals surface area contributed by atoms with Crippen LogP contribution in [0, 0.1) is 0 Å². The van der Waals surface area contributed by atoms with Crippen molar-refractivity contribution in [2.24, 2.45) is 0 Å². The van der Waals surface area contributed by atoms with E-state index in [-0.39, 0.29) is 0 Å². The molecule has 6 aromatic heterocycles. The summed E-state index contributed by atoms with van der Waals surface area (Å²) in [5, 5.41) is 12.1. The molecule has 2 aliphatic rings. The van der Waals surface area contributed by atoms with Crippen LogP contribution in [0.1, 0.15) is 0 Å². The van der Waals surface area contributed by atoms with Crippen molar-refractivity contribution >= 4 is 109 Å². The van der Waals surface area contributed by atoms with Gasteiger partial charge in [-0.15, -0.1) is 0 Å². The SMILES string of the molecule is c1ccc(-n2c3ccc(-c4cc5c6c(cccc6n4)-c4c(-c6ccc7c(c6)c6ccccc6n7-c6ccc7c(c6)c6ccccc6n7-c6cc7c8c(cccc8n6)-c6ccccc6-7)cccc4-5)cc3c3cc(-n4c5ccccc5c5ccccc54)ccc32)cc1. The number of para-hydroxylation sites is 5. The third kappa shape index (κ3) is 6.45. The van der Waals surface area contributed by atoms with Crippen LogP contribution in [0.2, 0.25) is 0 Å². The minimum atomic E-state index is 0.922. The zero-order valence-corrected chi connectivity index (χ0v) is 48.4. The maximum Gasteiger partial charge on any atom is 0.138 e. The molecule has 21 rings (SSSR count). The number of hydrogen-bond acceptors (Lipinski definition) is 2. The van der Waals surface area contributed by atoms with E-state index in [1.54, 1.807) is 0 Å². The minimum Gasteiger partial charge on any atom is -0.309 e. The Balaban J connectivity index is 0.690. The molecule has 13 aromatic carbocycles. The molecule has 2 aliphatic carbocycles. The van der Waals surface area contributed by atoms with E-state index in [1.807, 2.05) is 0 Å². The Morgan fingerprint density at radius 3 is 1.29 bits per heavy atom. The number of fused-ring (bicyclic) bond motifs is 18. The number of hydrogen-bond donors (Lipinski definition) is 0. The Kier molecular flexibility index (Phi) is 9.48. The fourth-order valence-corrected chi connectivity index (χ4v) is 16.1. The summed E-state index contributed by atoms with van der Waals surface area (Å²) in [6.07, 6.45) is 0. The number of pyridine rings is 2. The second kappa shape index (κ2) is 17.8. The van der Waals surface area contributed by atoms with Crippen molar-refractivity contribution in [3.63, 3.8) is 0 Å². The van der Waals surface area contributed by atoms with Gasteiger partial charge in [-0.2, -0.15) is 0 Å². The molecule has 0 radical (unpaired) electrons. The lowest BCUT2D eigenvalue weighted by Gasteiger charge is -2.12. The van der Waals surface area contributed by atoms with Gasteiger partial charge in [-0.05, 0) is 177 Å². The van der Waals surface area contributed by atoms with E-state index in [0.717, 1.165) is 72.8 Å². The van der Waals surface area contributed by atoms with Crippen molar-refractivity contribution in [1.29, 1.82) is 0 Å². The molecular weight excluding hydrogens is 1090 g/mol. The summed E-state index contributed by atoms with van der Waals surface area (Å²) < 4.78 is 9.64. The number of rotatable bonds is 6. The van der Waals surface area contributed by atoms with Crippen LogP contribution < -0.4 is 0 Å². The predicted molar refractivity (Wildman–Crippen MR) is 374 cm³/mol.